The van der Waals surface area contributed by atoms with Crippen LogP contribution in [-0.2, 0) is 4.79 Å². The van der Waals surface area contributed by atoms with Gasteiger partial charge in [-0.25, -0.2) is 0 Å². The molecule has 0 fully saturated rings. The van der Waals surface area contributed by atoms with E-state index in [-0.39, 0.29) is 5.91 Å². The van der Waals surface area contributed by atoms with Crippen molar-refractivity contribution in [3.05, 3.63) is 54.6 Å². The van der Waals surface area contributed by atoms with E-state index in [1.165, 1.54) is 0 Å². The molecule has 0 aliphatic rings. The number of ether oxygens (including phenoxy) is 2. The molecule has 0 heterocycles. The highest BCUT2D eigenvalue weighted by Gasteiger charge is 2.03. The van der Waals surface area contributed by atoms with Gasteiger partial charge in [-0.05, 0) is 42.8 Å². The third kappa shape index (κ3) is 5.48. The van der Waals surface area contributed by atoms with Crippen molar-refractivity contribution in [3.63, 3.8) is 0 Å². The summed E-state index contributed by atoms with van der Waals surface area (Å²) in [5, 5.41) is 2.84. The topological polar surface area (TPSA) is 47.6 Å². The SMILES string of the molecule is CCCOc1ccc(NC(=O)CCOc2ccccc2)cc1. The van der Waals surface area contributed by atoms with E-state index in [0.29, 0.717) is 19.6 Å². The molecule has 2 aromatic carbocycles. The summed E-state index contributed by atoms with van der Waals surface area (Å²) < 4.78 is 11.0. The Balaban J connectivity index is 1.72. The fourth-order valence-corrected chi connectivity index (χ4v) is 1.86. The van der Waals surface area contributed by atoms with Gasteiger partial charge in [0.1, 0.15) is 11.5 Å². The number of hydrogen-bond donors (Lipinski definition) is 1. The molecule has 0 radical (unpaired) electrons. The molecule has 1 amide bonds. The second-order valence-electron chi connectivity index (χ2n) is 4.83. The van der Waals surface area contributed by atoms with Crippen LogP contribution in [0.15, 0.2) is 54.6 Å². The number of nitrogens with one attached hydrogen (secondary N) is 1. The van der Waals surface area contributed by atoms with Crippen LogP contribution in [0, 0.1) is 0 Å². The molecule has 0 aromatic heterocycles. The first-order valence-electron chi connectivity index (χ1n) is 7.48. The molecule has 0 aliphatic carbocycles. The molecule has 22 heavy (non-hydrogen) atoms. The Bertz CT molecular complexity index is 567. The zero-order valence-corrected chi connectivity index (χ0v) is 12.7. The number of carbonyl (C=O) groups is 1. The minimum Gasteiger partial charge on any atom is -0.494 e. The quantitative estimate of drug-likeness (QED) is 0.804. The maximum absolute atomic E-state index is 11.8. The van der Waals surface area contributed by atoms with Gasteiger partial charge in [0.05, 0.1) is 19.6 Å². The van der Waals surface area contributed by atoms with E-state index in [2.05, 4.69) is 12.2 Å². The molecule has 0 saturated heterocycles. The predicted octanol–water partition coefficient (Wildman–Crippen LogP) is 3.88. The molecule has 2 rings (SSSR count). The van der Waals surface area contributed by atoms with Gasteiger partial charge in [-0.2, -0.15) is 0 Å². The number of anilines is 1. The second-order valence-corrected chi connectivity index (χ2v) is 4.83. The van der Waals surface area contributed by atoms with Crippen LogP contribution in [0.1, 0.15) is 19.8 Å². The average molecular weight is 299 g/mol. The predicted molar refractivity (Wildman–Crippen MR) is 87.4 cm³/mol. The van der Waals surface area contributed by atoms with Crippen LogP contribution in [0.25, 0.3) is 0 Å². The zero-order chi connectivity index (χ0) is 15.6. The average Bonchev–Trinajstić information content (AvgIpc) is 2.55. The number of rotatable bonds is 8. The third-order valence-electron chi connectivity index (χ3n) is 2.95. The lowest BCUT2D eigenvalue weighted by Gasteiger charge is -2.08. The standard InChI is InChI=1S/C18H21NO3/c1-2-13-21-17-10-8-15(9-11-17)19-18(20)12-14-22-16-6-4-3-5-7-16/h3-11H,2,12-14H2,1H3,(H,19,20). The molecule has 4 heteroatoms. The highest BCUT2D eigenvalue weighted by atomic mass is 16.5. The van der Waals surface area contributed by atoms with Crippen LogP contribution >= 0.6 is 0 Å². The van der Waals surface area contributed by atoms with Gasteiger partial charge in [0.15, 0.2) is 0 Å². The smallest absolute Gasteiger partial charge is 0.227 e. The molecule has 0 unspecified atom stereocenters. The van der Waals surface area contributed by atoms with Gasteiger partial charge < -0.3 is 14.8 Å². The van der Waals surface area contributed by atoms with Crippen molar-refractivity contribution in [1.29, 1.82) is 0 Å². The maximum atomic E-state index is 11.8. The fourth-order valence-electron chi connectivity index (χ4n) is 1.86. The van der Waals surface area contributed by atoms with Gasteiger partial charge in [-0.15, -0.1) is 0 Å². The Morgan fingerprint density at radius 2 is 1.55 bits per heavy atom. The first kappa shape index (κ1) is 15.9. The van der Waals surface area contributed by atoms with Crippen LogP contribution < -0.4 is 14.8 Å². The summed E-state index contributed by atoms with van der Waals surface area (Å²) in [6, 6.07) is 16.8. The molecule has 0 atom stereocenters. The van der Waals surface area contributed by atoms with Crippen LogP contribution in [0.4, 0.5) is 5.69 Å². The molecule has 1 N–H and O–H groups in total. The van der Waals surface area contributed by atoms with Crippen molar-refractivity contribution < 1.29 is 14.3 Å². The Morgan fingerprint density at radius 1 is 0.909 bits per heavy atom. The van der Waals surface area contributed by atoms with Crippen molar-refractivity contribution in [1.82, 2.24) is 0 Å². The second kappa shape index (κ2) is 8.72. The summed E-state index contributed by atoms with van der Waals surface area (Å²) in [6.07, 6.45) is 1.28. The summed E-state index contributed by atoms with van der Waals surface area (Å²) in [5.41, 5.74) is 0.758. The molecular weight excluding hydrogens is 278 g/mol. The lowest BCUT2D eigenvalue weighted by Crippen LogP contribution is -2.15. The van der Waals surface area contributed by atoms with Crippen molar-refractivity contribution in [3.8, 4) is 11.5 Å². The Labute approximate surface area is 131 Å². The highest BCUT2D eigenvalue weighted by molar-refractivity contribution is 5.90. The van der Waals surface area contributed by atoms with E-state index in [9.17, 15) is 4.79 Å². The molecule has 116 valence electrons. The lowest BCUT2D eigenvalue weighted by molar-refractivity contribution is -0.116. The minimum atomic E-state index is -0.0712. The van der Waals surface area contributed by atoms with Gasteiger partial charge in [0.2, 0.25) is 5.91 Å². The molecule has 0 saturated carbocycles. The molecule has 0 aliphatic heterocycles. The van der Waals surface area contributed by atoms with Gasteiger partial charge in [0.25, 0.3) is 0 Å². The largest absolute Gasteiger partial charge is 0.494 e. The molecule has 2 aromatic rings. The first-order chi connectivity index (χ1) is 10.8. The molecule has 0 bridgehead atoms. The number of benzene rings is 2. The first-order valence-corrected chi connectivity index (χ1v) is 7.48. The van der Waals surface area contributed by atoms with Crippen LogP contribution in [0.2, 0.25) is 0 Å². The van der Waals surface area contributed by atoms with Gasteiger partial charge >= 0.3 is 0 Å². The monoisotopic (exact) mass is 299 g/mol. The van der Waals surface area contributed by atoms with E-state index >= 15 is 0 Å². The van der Waals surface area contributed by atoms with E-state index in [0.717, 1.165) is 23.6 Å². The summed E-state index contributed by atoms with van der Waals surface area (Å²) >= 11 is 0. The number of para-hydroxylation sites is 1. The van der Waals surface area contributed by atoms with Crippen LogP contribution in [0.5, 0.6) is 11.5 Å². The van der Waals surface area contributed by atoms with Gasteiger partial charge in [-0.3, -0.25) is 4.79 Å². The fraction of sp³-hybridized carbons (Fsp3) is 0.278. The summed E-state index contributed by atoms with van der Waals surface area (Å²) in [7, 11) is 0. The summed E-state index contributed by atoms with van der Waals surface area (Å²) in [4.78, 5) is 11.8. The van der Waals surface area contributed by atoms with Crippen LogP contribution in [-0.4, -0.2) is 19.1 Å². The molecule has 0 spiro atoms. The van der Waals surface area contributed by atoms with E-state index in [1.54, 1.807) is 0 Å². The third-order valence-corrected chi connectivity index (χ3v) is 2.95. The Morgan fingerprint density at radius 3 is 2.23 bits per heavy atom. The zero-order valence-electron chi connectivity index (χ0n) is 12.7. The normalized spacial score (nSPS) is 10.0. The number of amides is 1. The number of hydrogen-bond acceptors (Lipinski definition) is 3. The van der Waals surface area contributed by atoms with E-state index in [1.807, 2.05) is 54.6 Å². The highest BCUT2D eigenvalue weighted by Crippen LogP contribution is 2.16. The van der Waals surface area contributed by atoms with Crippen molar-refractivity contribution in [2.75, 3.05) is 18.5 Å². The van der Waals surface area contributed by atoms with Crippen molar-refractivity contribution >= 4 is 11.6 Å². The minimum absolute atomic E-state index is 0.0712. The van der Waals surface area contributed by atoms with Crippen LogP contribution in [0.3, 0.4) is 0 Å². The van der Waals surface area contributed by atoms with Gasteiger partial charge in [-0.1, -0.05) is 25.1 Å². The van der Waals surface area contributed by atoms with Gasteiger partial charge in [0, 0.05) is 5.69 Å². The summed E-state index contributed by atoms with van der Waals surface area (Å²) in [5.74, 6) is 1.51. The van der Waals surface area contributed by atoms with Crippen molar-refractivity contribution in [2.24, 2.45) is 0 Å². The summed E-state index contributed by atoms with van der Waals surface area (Å²) in [6.45, 7) is 3.11. The Hall–Kier alpha value is -2.49. The molecular formula is C18H21NO3. The molecule has 4 nitrogen and oxygen atoms in total. The lowest BCUT2D eigenvalue weighted by atomic mass is 10.3. The number of carbonyl (C=O) groups excluding carboxylic acids is 1. The van der Waals surface area contributed by atoms with E-state index < -0.39 is 0 Å². The maximum Gasteiger partial charge on any atom is 0.227 e. The van der Waals surface area contributed by atoms with Crippen molar-refractivity contribution in [2.45, 2.75) is 19.8 Å². The van der Waals surface area contributed by atoms with E-state index in [4.69, 9.17) is 9.47 Å². The Kier molecular flexibility index (Phi) is 6.30.